The molecule has 16 heteroatoms. The molecule has 2 heterocycles. The standard InChI is InChI=1S/C22H17ClF3N9O2S/c1-10-6-11(19(28)38)7-13(18(27)36)17(10)29-20(37)16-8-12(9-34-32-21(30-33-34)22(24,25)26)31-35(16)15-5-3-2-4-14(15)23/h2-8H,9H2,1H3,(H2,27,36)(H2,28,38)(H,29,37). The number of nitrogens with two attached hydrogens (primary N) is 2. The van der Waals surface area contributed by atoms with E-state index in [1.807, 2.05) is 0 Å². The number of alkyl halides is 3. The number of thiocarbonyl (C=S) groups is 1. The van der Waals surface area contributed by atoms with Crippen molar-refractivity contribution in [2.75, 3.05) is 5.32 Å². The second-order valence-corrected chi connectivity index (χ2v) is 8.77. The van der Waals surface area contributed by atoms with E-state index in [1.54, 1.807) is 37.3 Å². The molecular formula is C22H17ClF3N9O2S. The quantitative estimate of drug-likeness (QED) is 0.289. The van der Waals surface area contributed by atoms with E-state index in [0.29, 0.717) is 21.6 Å². The molecule has 2 amide bonds. The number of carbonyl (C=O) groups is 2. The predicted molar refractivity (Wildman–Crippen MR) is 134 cm³/mol. The SMILES string of the molecule is Cc1cc(C(N)=S)cc(C(N)=O)c1NC(=O)c1cc(Cn2nnc(C(F)(F)F)n2)nn1-c1ccccc1Cl. The first-order chi connectivity index (χ1) is 17.8. The Balaban J connectivity index is 1.76. The second kappa shape index (κ2) is 10.2. The highest BCUT2D eigenvalue weighted by Crippen LogP contribution is 2.27. The molecule has 196 valence electrons. The third-order valence-electron chi connectivity index (χ3n) is 5.21. The van der Waals surface area contributed by atoms with Crippen molar-refractivity contribution < 1.29 is 22.8 Å². The van der Waals surface area contributed by atoms with Crippen LogP contribution in [0.4, 0.5) is 18.9 Å². The number of rotatable bonds is 7. The zero-order chi connectivity index (χ0) is 27.8. The van der Waals surface area contributed by atoms with E-state index < -0.39 is 23.8 Å². The third kappa shape index (κ3) is 5.47. The summed E-state index contributed by atoms with van der Waals surface area (Å²) in [5, 5.41) is 16.9. The van der Waals surface area contributed by atoms with Crippen LogP contribution in [0.3, 0.4) is 0 Å². The van der Waals surface area contributed by atoms with E-state index >= 15 is 0 Å². The monoisotopic (exact) mass is 563 g/mol. The topological polar surface area (TPSA) is 160 Å². The number of amides is 2. The summed E-state index contributed by atoms with van der Waals surface area (Å²) in [6, 6.07) is 10.7. The molecule has 11 nitrogen and oxygen atoms in total. The predicted octanol–water partition coefficient (Wildman–Crippen LogP) is 2.87. The average Bonchev–Trinajstić information content (AvgIpc) is 3.48. The van der Waals surface area contributed by atoms with Gasteiger partial charge in [0.1, 0.15) is 17.2 Å². The van der Waals surface area contributed by atoms with Crippen LogP contribution in [0.15, 0.2) is 42.5 Å². The highest BCUT2D eigenvalue weighted by Gasteiger charge is 2.37. The van der Waals surface area contributed by atoms with Crippen molar-refractivity contribution in [3.05, 3.63) is 81.4 Å². The molecule has 0 unspecified atom stereocenters. The Labute approximate surface area is 222 Å². The van der Waals surface area contributed by atoms with Crippen molar-refractivity contribution in [3.63, 3.8) is 0 Å². The molecular weight excluding hydrogens is 547 g/mol. The maximum absolute atomic E-state index is 13.4. The van der Waals surface area contributed by atoms with Gasteiger partial charge in [-0.1, -0.05) is 36.0 Å². The van der Waals surface area contributed by atoms with Gasteiger partial charge in [-0.2, -0.15) is 23.1 Å². The summed E-state index contributed by atoms with van der Waals surface area (Å²) in [4.78, 5) is 26.3. The van der Waals surface area contributed by atoms with E-state index in [1.165, 1.54) is 16.8 Å². The zero-order valence-electron chi connectivity index (χ0n) is 19.3. The summed E-state index contributed by atoms with van der Waals surface area (Å²) in [6.07, 6.45) is -4.78. The molecule has 0 aliphatic rings. The number of hydrogen-bond acceptors (Lipinski definition) is 7. The van der Waals surface area contributed by atoms with E-state index in [9.17, 15) is 22.8 Å². The van der Waals surface area contributed by atoms with E-state index in [4.69, 9.17) is 35.3 Å². The lowest BCUT2D eigenvalue weighted by Gasteiger charge is -2.15. The van der Waals surface area contributed by atoms with Crippen LogP contribution in [0.1, 0.15) is 43.5 Å². The Morgan fingerprint density at radius 3 is 2.45 bits per heavy atom. The minimum absolute atomic E-state index is 0.0309. The van der Waals surface area contributed by atoms with Gasteiger partial charge in [0.15, 0.2) is 0 Å². The number of aryl methyl sites for hydroxylation is 1. The van der Waals surface area contributed by atoms with Gasteiger partial charge >= 0.3 is 6.18 Å². The van der Waals surface area contributed by atoms with Crippen LogP contribution < -0.4 is 16.8 Å². The summed E-state index contributed by atoms with van der Waals surface area (Å²) in [5.41, 5.74) is 12.5. The number of primary amides is 1. The van der Waals surface area contributed by atoms with Gasteiger partial charge in [0.2, 0.25) is 0 Å². The molecule has 0 atom stereocenters. The molecule has 4 rings (SSSR count). The molecule has 38 heavy (non-hydrogen) atoms. The number of aromatic nitrogens is 6. The fraction of sp³-hybridized carbons (Fsp3) is 0.136. The molecule has 0 fully saturated rings. The Morgan fingerprint density at radius 2 is 1.84 bits per heavy atom. The fourth-order valence-electron chi connectivity index (χ4n) is 3.51. The molecule has 5 N–H and O–H groups in total. The Morgan fingerprint density at radius 1 is 1.13 bits per heavy atom. The number of para-hydroxylation sites is 1. The van der Waals surface area contributed by atoms with Crippen molar-refractivity contribution in [2.45, 2.75) is 19.6 Å². The second-order valence-electron chi connectivity index (χ2n) is 7.92. The summed E-state index contributed by atoms with van der Waals surface area (Å²) >= 11 is 11.3. The fourth-order valence-corrected chi connectivity index (χ4v) is 3.85. The highest BCUT2D eigenvalue weighted by molar-refractivity contribution is 7.80. The van der Waals surface area contributed by atoms with Crippen LogP contribution in [0.5, 0.6) is 0 Å². The first-order valence-corrected chi connectivity index (χ1v) is 11.4. The molecule has 0 saturated heterocycles. The van der Waals surface area contributed by atoms with Gasteiger partial charge in [-0.3, -0.25) is 9.59 Å². The summed E-state index contributed by atoms with van der Waals surface area (Å²) in [7, 11) is 0. The van der Waals surface area contributed by atoms with Gasteiger partial charge in [0.05, 0.1) is 27.7 Å². The number of hydrogen-bond donors (Lipinski definition) is 3. The molecule has 4 aromatic rings. The lowest BCUT2D eigenvalue weighted by atomic mass is 10.0. The minimum atomic E-state index is -4.78. The minimum Gasteiger partial charge on any atom is -0.389 e. The lowest BCUT2D eigenvalue weighted by molar-refractivity contribution is -0.145. The van der Waals surface area contributed by atoms with Crippen molar-refractivity contribution in [1.29, 1.82) is 0 Å². The van der Waals surface area contributed by atoms with Crippen molar-refractivity contribution in [3.8, 4) is 5.69 Å². The first-order valence-electron chi connectivity index (χ1n) is 10.6. The van der Waals surface area contributed by atoms with E-state index in [2.05, 4.69) is 25.8 Å². The lowest BCUT2D eigenvalue weighted by Crippen LogP contribution is -2.22. The van der Waals surface area contributed by atoms with E-state index in [0.717, 1.165) is 0 Å². The summed E-state index contributed by atoms with van der Waals surface area (Å²) in [5.74, 6) is -2.98. The van der Waals surface area contributed by atoms with Crippen LogP contribution >= 0.6 is 23.8 Å². The number of benzene rings is 2. The Kier molecular flexibility index (Phi) is 7.15. The van der Waals surface area contributed by atoms with Crippen LogP contribution in [0.2, 0.25) is 5.02 Å². The average molecular weight is 564 g/mol. The van der Waals surface area contributed by atoms with Crippen LogP contribution in [0, 0.1) is 6.92 Å². The smallest absolute Gasteiger partial charge is 0.389 e. The Hall–Kier alpha value is -4.37. The van der Waals surface area contributed by atoms with Crippen LogP contribution in [-0.2, 0) is 12.7 Å². The first kappa shape index (κ1) is 26.7. The summed E-state index contributed by atoms with van der Waals surface area (Å²) < 4.78 is 39.8. The molecule has 2 aromatic carbocycles. The Bertz CT molecular complexity index is 1580. The highest BCUT2D eigenvalue weighted by atomic mass is 35.5. The molecule has 2 aromatic heterocycles. The molecule has 0 radical (unpaired) electrons. The van der Waals surface area contributed by atoms with E-state index in [-0.39, 0.29) is 39.2 Å². The van der Waals surface area contributed by atoms with Gasteiger partial charge in [-0.15, -0.1) is 10.2 Å². The molecule has 0 bridgehead atoms. The number of nitrogens with zero attached hydrogens (tertiary/aromatic N) is 6. The normalized spacial score (nSPS) is 11.4. The van der Waals surface area contributed by atoms with Gasteiger partial charge in [-0.05, 0) is 48.0 Å². The van der Waals surface area contributed by atoms with Crippen molar-refractivity contribution >= 4 is 46.3 Å². The van der Waals surface area contributed by atoms with Crippen molar-refractivity contribution in [1.82, 2.24) is 30.0 Å². The number of anilines is 1. The molecule has 0 spiro atoms. The number of tetrazole rings is 1. The van der Waals surface area contributed by atoms with Gasteiger partial charge in [-0.25, -0.2) is 4.68 Å². The maximum Gasteiger partial charge on any atom is 0.455 e. The number of halogens is 4. The zero-order valence-corrected chi connectivity index (χ0v) is 20.9. The summed E-state index contributed by atoms with van der Waals surface area (Å²) in [6.45, 7) is 1.28. The molecule has 0 aliphatic heterocycles. The van der Waals surface area contributed by atoms with Gasteiger partial charge in [0.25, 0.3) is 17.6 Å². The van der Waals surface area contributed by atoms with Crippen molar-refractivity contribution in [2.24, 2.45) is 11.5 Å². The van der Waals surface area contributed by atoms with Gasteiger partial charge in [0, 0.05) is 5.56 Å². The molecule has 0 saturated carbocycles. The van der Waals surface area contributed by atoms with Gasteiger partial charge < -0.3 is 16.8 Å². The number of carbonyl (C=O) groups excluding carboxylic acids is 2. The van der Waals surface area contributed by atoms with Crippen LogP contribution in [-0.4, -0.2) is 46.8 Å². The third-order valence-corrected chi connectivity index (χ3v) is 5.76. The largest absolute Gasteiger partial charge is 0.455 e. The number of nitrogens with one attached hydrogen (secondary N) is 1. The van der Waals surface area contributed by atoms with Crippen LogP contribution in [0.25, 0.3) is 5.69 Å². The molecule has 0 aliphatic carbocycles. The maximum atomic E-state index is 13.4.